The van der Waals surface area contributed by atoms with E-state index in [0.717, 1.165) is 16.7 Å². The van der Waals surface area contributed by atoms with Gasteiger partial charge >= 0.3 is 0 Å². The first-order valence-corrected chi connectivity index (χ1v) is 13.6. The summed E-state index contributed by atoms with van der Waals surface area (Å²) in [6.45, 7) is 1.24. The lowest BCUT2D eigenvalue weighted by Gasteiger charge is -2.44. The predicted molar refractivity (Wildman–Crippen MR) is 145 cm³/mol. The zero-order chi connectivity index (χ0) is 27.1. The third-order valence-electron chi connectivity index (χ3n) is 7.27. The van der Waals surface area contributed by atoms with Crippen LogP contribution in [0.5, 0.6) is 0 Å². The van der Waals surface area contributed by atoms with Crippen LogP contribution in [0.3, 0.4) is 0 Å². The van der Waals surface area contributed by atoms with Gasteiger partial charge in [-0.3, -0.25) is 0 Å². The molecule has 0 radical (unpaired) electrons. The highest BCUT2D eigenvalue weighted by molar-refractivity contribution is 5.17. The Balaban J connectivity index is 1.14. The molecule has 0 spiro atoms. The van der Waals surface area contributed by atoms with Gasteiger partial charge in [0.1, 0.15) is 30.5 Å². The monoisotopic (exact) mass is 546 g/mol. The molecule has 2 saturated heterocycles. The number of hydrogen-bond acceptors (Lipinski definition) is 8. The molecule has 8 heteroatoms. The average molecular weight is 547 g/mol. The van der Waals surface area contributed by atoms with E-state index in [1.807, 2.05) is 91.0 Å². The molecule has 8 atom stereocenters. The van der Waals surface area contributed by atoms with Gasteiger partial charge < -0.3 is 38.3 Å². The van der Waals surface area contributed by atoms with E-state index in [1.165, 1.54) is 0 Å². The first-order chi connectivity index (χ1) is 19.7. The van der Waals surface area contributed by atoms with Crippen molar-refractivity contribution in [3.63, 3.8) is 0 Å². The van der Waals surface area contributed by atoms with Crippen molar-refractivity contribution in [3.8, 4) is 0 Å². The Morgan fingerprint density at radius 1 is 0.750 bits per heavy atom. The fraction of sp³-hybridized carbons (Fsp3) is 0.375. The lowest BCUT2D eigenvalue weighted by atomic mass is 10.0. The quantitative estimate of drug-likeness (QED) is 0.426. The molecule has 0 aromatic heterocycles. The van der Waals surface area contributed by atoms with Crippen molar-refractivity contribution in [3.05, 3.63) is 120 Å². The molecule has 8 nitrogen and oxygen atoms in total. The smallest absolute Gasteiger partial charge is 0.187 e. The number of rotatable bonds is 9. The Morgan fingerprint density at radius 2 is 1.40 bits per heavy atom. The van der Waals surface area contributed by atoms with E-state index in [2.05, 4.69) is 0 Å². The summed E-state index contributed by atoms with van der Waals surface area (Å²) in [5, 5.41) is 11.5. The molecular weight excluding hydrogens is 512 g/mol. The number of aliphatic hydroxyl groups excluding tert-OH is 1. The predicted octanol–water partition coefficient (Wildman–Crippen LogP) is 4.29. The van der Waals surface area contributed by atoms with E-state index in [9.17, 15) is 5.11 Å². The van der Waals surface area contributed by atoms with Crippen LogP contribution in [0.1, 0.15) is 23.0 Å². The van der Waals surface area contributed by atoms with Gasteiger partial charge in [0.05, 0.1) is 32.7 Å². The molecule has 3 aliphatic rings. The Bertz CT molecular complexity index is 1210. The van der Waals surface area contributed by atoms with Gasteiger partial charge in [-0.05, 0) is 17.2 Å². The van der Waals surface area contributed by atoms with Gasteiger partial charge in [-0.1, -0.05) is 91.0 Å². The van der Waals surface area contributed by atoms with Crippen LogP contribution in [0.15, 0.2) is 103 Å². The summed E-state index contributed by atoms with van der Waals surface area (Å²) in [5.74, 6) is 0. The number of aliphatic hydroxyl groups is 1. The van der Waals surface area contributed by atoms with Crippen molar-refractivity contribution in [2.75, 3.05) is 13.2 Å². The zero-order valence-electron chi connectivity index (χ0n) is 22.1. The molecule has 2 fully saturated rings. The van der Waals surface area contributed by atoms with E-state index in [0.29, 0.717) is 19.8 Å². The topological polar surface area (TPSA) is 84.8 Å². The average Bonchev–Trinajstić information content (AvgIpc) is 3.02. The van der Waals surface area contributed by atoms with Crippen LogP contribution in [0, 0.1) is 0 Å². The molecular formula is C32H34O8. The van der Waals surface area contributed by atoms with E-state index in [1.54, 1.807) is 12.3 Å². The molecule has 3 heterocycles. The second kappa shape index (κ2) is 13.1. The fourth-order valence-corrected chi connectivity index (χ4v) is 5.12. The Kier molecular flexibility index (Phi) is 8.85. The molecule has 3 aromatic carbocycles. The molecule has 0 amide bonds. The molecule has 3 aromatic rings. The highest BCUT2D eigenvalue weighted by Crippen LogP contribution is 2.34. The van der Waals surface area contributed by atoms with Crippen molar-refractivity contribution in [1.29, 1.82) is 0 Å². The van der Waals surface area contributed by atoms with Gasteiger partial charge in [0, 0.05) is 5.56 Å². The second-order valence-corrected chi connectivity index (χ2v) is 10.1. The SMILES string of the molecule is O[C@H]1[C@H](O[C@@H]2C=CO[C@@H]3CO[C@@H](c4ccccc4)O[C@@H]23)OC[C@@H](OCc2ccccc2)[C@@H]1OCc1ccccc1. The van der Waals surface area contributed by atoms with E-state index >= 15 is 0 Å². The molecule has 3 aliphatic heterocycles. The fourth-order valence-electron chi connectivity index (χ4n) is 5.12. The first kappa shape index (κ1) is 27.1. The molecule has 6 rings (SSSR count). The van der Waals surface area contributed by atoms with Crippen LogP contribution in [-0.4, -0.2) is 61.2 Å². The van der Waals surface area contributed by atoms with Crippen molar-refractivity contribution in [2.24, 2.45) is 0 Å². The van der Waals surface area contributed by atoms with E-state index < -0.39 is 43.1 Å². The van der Waals surface area contributed by atoms with Crippen LogP contribution in [-0.2, 0) is 46.4 Å². The van der Waals surface area contributed by atoms with E-state index in [-0.39, 0.29) is 12.7 Å². The third kappa shape index (κ3) is 6.45. The van der Waals surface area contributed by atoms with Crippen molar-refractivity contribution in [2.45, 2.75) is 62.4 Å². The Hall–Kier alpha value is -3.08. The van der Waals surface area contributed by atoms with Gasteiger partial charge in [0.15, 0.2) is 18.7 Å². The van der Waals surface area contributed by atoms with Gasteiger partial charge in [-0.15, -0.1) is 0 Å². The minimum absolute atomic E-state index is 0.200. The van der Waals surface area contributed by atoms with Gasteiger partial charge in [-0.25, -0.2) is 0 Å². The standard InChI is InChI=1S/C32H34O8/c33-28-30(36-19-23-12-6-2-7-13-23)27(35-18-22-10-4-1-5-11-22)21-38-32(28)39-25-16-17-34-26-20-37-31(40-29(25)26)24-14-8-3-9-15-24/h1-17,25-33H,18-21H2/t25-,26-,27-,28-,29+,30+,31-,32+/m1/s1. The first-order valence-electron chi connectivity index (χ1n) is 13.6. The summed E-state index contributed by atoms with van der Waals surface area (Å²) >= 11 is 0. The van der Waals surface area contributed by atoms with Crippen molar-refractivity contribution in [1.82, 2.24) is 0 Å². The minimum atomic E-state index is -1.10. The maximum absolute atomic E-state index is 11.5. The summed E-state index contributed by atoms with van der Waals surface area (Å²) in [6.07, 6.45) is -1.70. The Labute approximate surface area is 234 Å². The summed E-state index contributed by atoms with van der Waals surface area (Å²) < 4.78 is 42.8. The highest BCUT2D eigenvalue weighted by atomic mass is 16.7. The van der Waals surface area contributed by atoms with Crippen LogP contribution in [0.2, 0.25) is 0 Å². The largest absolute Gasteiger partial charge is 0.493 e. The minimum Gasteiger partial charge on any atom is -0.493 e. The van der Waals surface area contributed by atoms with Crippen molar-refractivity contribution >= 4 is 0 Å². The lowest BCUT2D eigenvalue weighted by Crippen LogP contribution is -2.58. The number of fused-ring (bicyclic) bond motifs is 1. The summed E-state index contributed by atoms with van der Waals surface area (Å²) in [5.41, 5.74) is 2.94. The molecule has 40 heavy (non-hydrogen) atoms. The maximum Gasteiger partial charge on any atom is 0.187 e. The van der Waals surface area contributed by atoms with Crippen LogP contribution >= 0.6 is 0 Å². The summed E-state index contributed by atoms with van der Waals surface area (Å²) in [4.78, 5) is 0. The number of hydrogen-bond donors (Lipinski definition) is 1. The number of benzene rings is 3. The molecule has 0 bridgehead atoms. The third-order valence-corrected chi connectivity index (χ3v) is 7.27. The van der Waals surface area contributed by atoms with Gasteiger partial charge in [0.25, 0.3) is 0 Å². The molecule has 1 N–H and O–H groups in total. The van der Waals surface area contributed by atoms with Crippen LogP contribution in [0.4, 0.5) is 0 Å². The van der Waals surface area contributed by atoms with Gasteiger partial charge in [0.2, 0.25) is 0 Å². The highest BCUT2D eigenvalue weighted by Gasteiger charge is 2.46. The lowest BCUT2D eigenvalue weighted by molar-refractivity contribution is -0.326. The maximum atomic E-state index is 11.5. The Morgan fingerprint density at radius 3 is 2.10 bits per heavy atom. The normalized spacial score (nSPS) is 31.7. The molecule has 0 saturated carbocycles. The van der Waals surface area contributed by atoms with Crippen LogP contribution < -0.4 is 0 Å². The van der Waals surface area contributed by atoms with Crippen molar-refractivity contribution < 1.29 is 38.3 Å². The number of ether oxygens (including phenoxy) is 7. The summed E-state index contributed by atoms with van der Waals surface area (Å²) in [7, 11) is 0. The molecule has 0 unspecified atom stereocenters. The molecule has 0 aliphatic carbocycles. The zero-order valence-corrected chi connectivity index (χ0v) is 22.1. The van der Waals surface area contributed by atoms with Gasteiger partial charge in [-0.2, -0.15) is 0 Å². The molecule has 210 valence electrons. The second-order valence-electron chi connectivity index (χ2n) is 10.1. The van der Waals surface area contributed by atoms with Crippen LogP contribution in [0.25, 0.3) is 0 Å². The van der Waals surface area contributed by atoms with E-state index in [4.69, 9.17) is 33.2 Å². The summed E-state index contributed by atoms with van der Waals surface area (Å²) in [6, 6.07) is 29.5.